The van der Waals surface area contributed by atoms with E-state index in [-0.39, 0.29) is 37.0 Å². The fourth-order valence-electron chi connectivity index (χ4n) is 6.92. The maximum Gasteiger partial charge on any atom is 0.199 e. The molecule has 3 unspecified atom stereocenters. The Hall–Kier alpha value is -3.83. The molecule has 1 aromatic heterocycles. The molecule has 0 spiro atoms. The van der Waals surface area contributed by atoms with Crippen LogP contribution in [0.25, 0.3) is 39.2 Å². The number of hydrogen-bond donors (Lipinski definition) is 5. The second-order valence-electron chi connectivity index (χ2n) is 11.8. The van der Waals surface area contributed by atoms with Gasteiger partial charge in [-0.3, -0.25) is 0 Å². The maximum absolute atomic E-state index is 11.2. The van der Waals surface area contributed by atoms with E-state index in [9.17, 15) is 20.4 Å². The Bertz CT molecular complexity index is 2070. The van der Waals surface area contributed by atoms with Crippen molar-refractivity contribution in [2.24, 2.45) is 4.99 Å². The van der Waals surface area contributed by atoms with Crippen molar-refractivity contribution in [3.05, 3.63) is 136 Å². The molecular formula is C37H29N2O4U-. The third kappa shape index (κ3) is 4.19. The Morgan fingerprint density at radius 2 is 1.27 bits per heavy atom. The smallest absolute Gasteiger partial charge is 0.199 e. The average Bonchev–Trinajstić information content (AvgIpc) is 3.53. The summed E-state index contributed by atoms with van der Waals surface area (Å²) in [6.07, 6.45) is -1.04. The van der Waals surface area contributed by atoms with Crippen LogP contribution >= 0.6 is 0 Å². The van der Waals surface area contributed by atoms with Crippen molar-refractivity contribution < 1.29 is 51.5 Å². The first-order chi connectivity index (χ1) is 20.7. The van der Waals surface area contributed by atoms with Gasteiger partial charge in [0.1, 0.15) is 12.2 Å². The van der Waals surface area contributed by atoms with Crippen LogP contribution in [0.3, 0.4) is 0 Å². The third-order valence-electron chi connectivity index (χ3n) is 9.00. The molecule has 3 aliphatic rings. The van der Waals surface area contributed by atoms with Crippen LogP contribution in [0.1, 0.15) is 68.4 Å². The molecule has 0 bridgehead atoms. The molecule has 0 saturated carbocycles. The number of aliphatic hydroxyl groups excluding tert-OH is 3. The molecule has 3 atom stereocenters. The van der Waals surface area contributed by atoms with E-state index in [2.05, 4.69) is 29.8 Å². The number of aromatic hydroxyl groups is 1. The molecule has 5 N–H and O–H groups in total. The van der Waals surface area contributed by atoms with Gasteiger partial charge in [0.15, 0.2) is 5.88 Å². The fourth-order valence-corrected chi connectivity index (χ4v) is 6.92. The molecule has 2 aliphatic carbocycles. The first kappa shape index (κ1) is 28.9. The number of aryl methyl sites for hydroxylation is 2. The molecule has 216 valence electrons. The minimum absolute atomic E-state index is 0. The SMILES string of the molecule is C=C1N=C(c2ccc3c(c2)C(O)C(O)c2cc(C)ccc2-3)c2c(O)[nH]c(-c3ccc4c(c3)C(O)[CH-]c3cc(C)ccc3-4)c21.[U]. The number of aliphatic imine (C=N–C) groups is 1. The number of rotatable bonds is 2. The summed E-state index contributed by atoms with van der Waals surface area (Å²) in [7, 11) is 0. The van der Waals surface area contributed by atoms with Gasteiger partial charge in [-0.2, -0.15) is 18.1 Å². The average molecular weight is 804 g/mol. The van der Waals surface area contributed by atoms with Crippen molar-refractivity contribution >= 4 is 11.4 Å². The minimum Gasteiger partial charge on any atom is -0.494 e. The quantitative estimate of drug-likeness (QED) is 0.126. The van der Waals surface area contributed by atoms with Crippen molar-refractivity contribution in [2.75, 3.05) is 0 Å². The molecule has 4 aromatic carbocycles. The van der Waals surface area contributed by atoms with Crippen LogP contribution in [0.2, 0.25) is 0 Å². The van der Waals surface area contributed by atoms with Gasteiger partial charge < -0.3 is 25.4 Å². The van der Waals surface area contributed by atoms with Gasteiger partial charge in [-0.25, -0.2) is 4.99 Å². The van der Waals surface area contributed by atoms with Gasteiger partial charge >= 0.3 is 0 Å². The second kappa shape index (κ2) is 10.4. The van der Waals surface area contributed by atoms with E-state index in [1.165, 1.54) is 0 Å². The number of nitrogens with zero attached hydrogens (tertiary/aromatic N) is 1. The Kier molecular flexibility index (Phi) is 6.82. The predicted octanol–water partition coefficient (Wildman–Crippen LogP) is 6.84. The molecule has 6 nitrogen and oxygen atoms in total. The van der Waals surface area contributed by atoms with Crippen LogP contribution in [-0.4, -0.2) is 31.1 Å². The molecule has 0 fully saturated rings. The van der Waals surface area contributed by atoms with Crippen LogP contribution in [0.15, 0.2) is 84.4 Å². The van der Waals surface area contributed by atoms with E-state index in [1.54, 1.807) is 0 Å². The zero-order valence-electron chi connectivity index (χ0n) is 24.2. The van der Waals surface area contributed by atoms with Crippen molar-refractivity contribution in [2.45, 2.75) is 32.2 Å². The van der Waals surface area contributed by atoms with E-state index in [4.69, 9.17) is 4.99 Å². The summed E-state index contributed by atoms with van der Waals surface area (Å²) in [5.41, 5.74) is 13.5. The van der Waals surface area contributed by atoms with E-state index >= 15 is 0 Å². The van der Waals surface area contributed by atoms with Gasteiger partial charge in [0.05, 0.1) is 28.8 Å². The molecule has 44 heavy (non-hydrogen) atoms. The second-order valence-corrected chi connectivity index (χ2v) is 11.8. The Morgan fingerprint density at radius 3 is 2.00 bits per heavy atom. The van der Waals surface area contributed by atoms with Crippen molar-refractivity contribution in [1.82, 2.24) is 4.98 Å². The molecule has 1 aliphatic heterocycles. The number of aromatic amines is 1. The van der Waals surface area contributed by atoms with Gasteiger partial charge in [-0.1, -0.05) is 73.2 Å². The van der Waals surface area contributed by atoms with E-state index < -0.39 is 18.3 Å². The largest absolute Gasteiger partial charge is 0.494 e. The maximum atomic E-state index is 11.2. The summed E-state index contributed by atoms with van der Waals surface area (Å²) in [4.78, 5) is 7.90. The van der Waals surface area contributed by atoms with Crippen molar-refractivity contribution in [1.29, 1.82) is 0 Å². The van der Waals surface area contributed by atoms with Gasteiger partial charge in [-0.05, 0) is 52.4 Å². The van der Waals surface area contributed by atoms with E-state index in [0.717, 1.165) is 50.1 Å². The first-order valence-corrected chi connectivity index (χ1v) is 14.3. The van der Waals surface area contributed by atoms with Crippen molar-refractivity contribution in [3.63, 3.8) is 0 Å². The summed E-state index contributed by atoms with van der Waals surface area (Å²) in [5, 5.41) is 44.2. The summed E-state index contributed by atoms with van der Waals surface area (Å²) in [6.45, 7) is 8.20. The number of H-pyrrole nitrogens is 1. The number of fused-ring (bicyclic) bond motifs is 7. The Morgan fingerprint density at radius 1 is 0.705 bits per heavy atom. The number of hydrogen-bond acceptors (Lipinski definition) is 5. The fraction of sp³-hybridized carbons (Fsp3) is 0.135. The van der Waals surface area contributed by atoms with E-state index in [1.807, 2.05) is 74.9 Å². The summed E-state index contributed by atoms with van der Waals surface area (Å²) < 4.78 is 0. The Balaban J connectivity index is 0.00000312. The number of aliphatic hydroxyl groups is 3. The molecular weight excluding hydrogens is 774 g/mol. The molecule has 0 amide bonds. The molecule has 0 saturated heterocycles. The molecule has 7 heteroatoms. The summed E-state index contributed by atoms with van der Waals surface area (Å²) in [5.74, 6) is -0.0350. The van der Waals surface area contributed by atoms with Crippen LogP contribution < -0.4 is 0 Å². The third-order valence-corrected chi connectivity index (χ3v) is 9.00. The van der Waals surface area contributed by atoms with Crippen LogP contribution in [0.5, 0.6) is 5.88 Å². The minimum atomic E-state index is -1.10. The van der Waals surface area contributed by atoms with Crippen LogP contribution in [-0.2, 0) is 0 Å². The van der Waals surface area contributed by atoms with Gasteiger partial charge in [0.25, 0.3) is 0 Å². The van der Waals surface area contributed by atoms with Gasteiger partial charge in [0.2, 0.25) is 0 Å². The standard InChI is InChI=1S/C37H29N2O4.U/c1-17-4-8-23-22(12-17)16-30(40)27-14-20(6-10-24(23)27)33-31-19(3)38-34(32(31)37(43)39-33)21-7-11-26-25-9-5-18(2)13-28(25)35(41)36(42)29(26)15-21;/h4-16,30,35-36,39-43H,3H2,1-2H3;/q-1;. The molecule has 8 rings (SSSR count). The summed E-state index contributed by atoms with van der Waals surface area (Å²) >= 11 is 0. The monoisotopic (exact) mass is 803 g/mol. The van der Waals surface area contributed by atoms with Crippen LogP contribution in [0, 0.1) is 51.4 Å². The van der Waals surface area contributed by atoms with Gasteiger partial charge in [-0.15, -0.1) is 17.2 Å². The molecule has 0 radical (unpaired) electrons. The van der Waals surface area contributed by atoms with Gasteiger partial charge in [0, 0.05) is 42.2 Å². The van der Waals surface area contributed by atoms with Crippen molar-refractivity contribution in [3.8, 4) is 39.4 Å². The molecule has 5 aromatic rings. The predicted molar refractivity (Wildman–Crippen MR) is 168 cm³/mol. The zero-order chi connectivity index (χ0) is 29.7. The Labute approximate surface area is 278 Å². The number of nitrogens with one attached hydrogen (secondary N) is 1. The van der Waals surface area contributed by atoms with E-state index in [0.29, 0.717) is 44.9 Å². The topological polar surface area (TPSA) is 109 Å². The molecule has 2 heterocycles. The summed E-state index contributed by atoms with van der Waals surface area (Å²) in [6, 6.07) is 23.7. The number of aromatic nitrogens is 1. The number of benzene rings is 4. The van der Waals surface area contributed by atoms with Crippen LogP contribution in [0.4, 0.5) is 0 Å². The zero-order valence-corrected chi connectivity index (χ0v) is 28.3. The first-order valence-electron chi connectivity index (χ1n) is 14.3. The normalized spacial score (nSPS) is 19.1.